The second-order valence-corrected chi connectivity index (χ2v) is 6.54. The minimum absolute atomic E-state index is 0.306. The van der Waals surface area contributed by atoms with E-state index in [1.54, 1.807) is 4.90 Å². The number of hydrogen-bond acceptors (Lipinski definition) is 4. The largest absolute Gasteiger partial charge is 0.444 e. The zero-order valence-corrected chi connectivity index (χ0v) is 14.5. The Labute approximate surface area is 133 Å². The van der Waals surface area contributed by atoms with E-state index >= 15 is 0 Å². The number of para-hydroxylation sites is 1. The molecule has 1 aromatic rings. The van der Waals surface area contributed by atoms with E-state index in [-0.39, 0.29) is 6.09 Å². The molecule has 0 bridgehead atoms. The molecule has 2 rings (SSSR count). The van der Waals surface area contributed by atoms with Gasteiger partial charge in [0, 0.05) is 12.7 Å². The quantitative estimate of drug-likeness (QED) is 0.859. The highest BCUT2D eigenvalue weighted by atomic mass is 16.6. The number of amides is 1. The molecule has 0 aromatic heterocycles. The summed E-state index contributed by atoms with van der Waals surface area (Å²) in [6.45, 7) is 10.5. The zero-order chi connectivity index (χ0) is 16.8. The van der Waals surface area contributed by atoms with Crippen LogP contribution in [-0.4, -0.2) is 42.5 Å². The fourth-order valence-corrected chi connectivity index (χ4v) is 1.97. The highest BCUT2D eigenvalue weighted by Gasteiger charge is 2.38. The molecule has 1 fully saturated rings. The van der Waals surface area contributed by atoms with Gasteiger partial charge in [0.25, 0.3) is 0 Å². The van der Waals surface area contributed by atoms with Gasteiger partial charge < -0.3 is 14.8 Å². The number of rotatable bonds is 1. The summed E-state index contributed by atoms with van der Waals surface area (Å²) in [6.07, 6.45) is -0.306. The predicted octanol–water partition coefficient (Wildman–Crippen LogP) is 3.72. The highest BCUT2D eigenvalue weighted by Crippen LogP contribution is 2.24. The number of carbonyl (C=O) groups is 1. The van der Waals surface area contributed by atoms with Crippen LogP contribution in [0.15, 0.2) is 30.3 Å². The van der Waals surface area contributed by atoms with Crippen molar-refractivity contribution in [2.24, 2.45) is 0 Å². The van der Waals surface area contributed by atoms with E-state index in [0.717, 1.165) is 5.69 Å². The lowest BCUT2D eigenvalue weighted by Crippen LogP contribution is -2.45. The molecule has 124 valence electrons. The average molecular weight is 308 g/mol. The molecule has 0 aliphatic carbocycles. The summed E-state index contributed by atoms with van der Waals surface area (Å²) in [7, 11) is 1.91. The smallest absolute Gasteiger partial charge is 0.412 e. The third-order valence-electron chi connectivity index (χ3n) is 3.10. The van der Waals surface area contributed by atoms with Crippen molar-refractivity contribution in [1.29, 1.82) is 0 Å². The van der Waals surface area contributed by atoms with Gasteiger partial charge in [0.2, 0.25) is 0 Å². The van der Waals surface area contributed by atoms with Crippen LogP contribution in [0.3, 0.4) is 0 Å². The summed E-state index contributed by atoms with van der Waals surface area (Å²) in [5.41, 5.74) is 0.172. The number of ether oxygens (including phenoxy) is 2. The lowest BCUT2D eigenvalue weighted by atomic mass is 10.2. The molecule has 1 aliphatic heterocycles. The van der Waals surface area contributed by atoms with Gasteiger partial charge in [-0.15, -0.1) is 0 Å². The number of benzene rings is 1. The number of anilines is 1. The van der Waals surface area contributed by atoms with Crippen molar-refractivity contribution in [1.82, 2.24) is 4.90 Å². The van der Waals surface area contributed by atoms with Gasteiger partial charge in [0.05, 0.1) is 13.2 Å². The minimum atomic E-state index is -0.539. The lowest BCUT2D eigenvalue weighted by Gasteiger charge is -2.31. The second-order valence-electron chi connectivity index (χ2n) is 6.54. The molecule has 1 heterocycles. The molecule has 22 heavy (non-hydrogen) atoms. The minimum Gasteiger partial charge on any atom is -0.444 e. The van der Waals surface area contributed by atoms with E-state index in [4.69, 9.17) is 9.47 Å². The predicted molar refractivity (Wildman–Crippen MR) is 89.0 cm³/mol. The van der Waals surface area contributed by atoms with E-state index in [0.29, 0.717) is 13.2 Å². The first-order valence-corrected chi connectivity index (χ1v) is 7.53. The molecule has 5 nitrogen and oxygen atoms in total. The molecule has 0 radical (unpaired) electrons. The van der Waals surface area contributed by atoms with Crippen molar-refractivity contribution in [2.45, 2.75) is 45.9 Å². The van der Waals surface area contributed by atoms with Gasteiger partial charge in [-0.1, -0.05) is 18.2 Å². The molecule has 1 aliphatic rings. The van der Waals surface area contributed by atoms with E-state index in [9.17, 15) is 4.79 Å². The zero-order valence-electron chi connectivity index (χ0n) is 14.5. The summed E-state index contributed by atoms with van der Waals surface area (Å²) in [6, 6.07) is 10.1. The van der Waals surface area contributed by atoms with Gasteiger partial charge >= 0.3 is 6.09 Å². The topological polar surface area (TPSA) is 50.8 Å². The maximum atomic E-state index is 11.7. The van der Waals surface area contributed by atoms with Crippen LogP contribution < -0.4 is 5.32 Å². The highest BCUT2D eigenvalue weighted by molar-refractivity contribution is 5.69. The van der Waals surface area contributed by atoms with Gasteiger partial charge in [-0.2, -0.15) is 0 Å². The van der Waals surface area contributed by atoms with Gasteiger partial charge in [0.1, 0.15) is 11.3 Å². The fraction of sp³-hybridized carbons (Fsp3) is 0.588. The Hall–Kier alpha value is -1.75. The van der Waals surface area contributed by atoms with Crippen LogP contribution in [-0.2, 0) is 9.47 Å². The maximum Gasteiger partial charge on any atom is 0.412 e. The summed E-state index contributed by atoms with van der Waals surface area (Å²) in [4.78, 5) is 13.3. The van der Waals surface area contributed by atoms with Crippen LogP contribution in [0, 0.1) is 0 Å². The Kier molecular flexibility index (Phi) is 6.23. The number of nitrogens with zero attached hydrogens (tertiary/aromatic N) is 1. The van der Waals surface area contributed by atoms with Crippen molar-refractivity contribution < 1.29 is 14.3 Å². The van der Waals surface area contributed by atoms with E-state index in [2.05, 4.69) is 5.32 Å². The van der Waals surface area contributed by atoms with Crippen LogP contribution in [0.25, 0.3) is 0 Å². The molecular formula is C17H28N2O3. The van der Waals surface area contributed by atoms with E-state index in [1.807, 2.05) is 72.0 Å². The number of nitrogens with one attached hydrogen (secondary N) is 1. The van der Waals surface area contributed by atoms with Crippen LogP contribution in [0.4, 0.5) is 10.5 Å². The van der Waals surface area contributed by atoms with E-state index < -0.39 is 11.3 Å². The van der Waals surface area contributed by atoms with Crippen LogP contribution in [0.5, 0.6) is 0 Å². The SMILES string of the molecule is CC(C)(C)OC(=O)N1CCOC1(C)C.CNc1ccccc1. The molecule has 1 amide bonds. The van der Waals surface area contributed by atoms with Gasteiger partial charge in [-0.3, -0.25) is 4.90 Å². The molecule has 0 atom stereocenters. The molecule has 1 aromatic carbocycles. The standard InChI is InChI=1S/C10H19NO3.C7H9N/c1-9(2,3)14-8(12)11-6-7-13-10(11,4)5;1-8-7-5-3-2-4-6-7/h6-7H2,1-5H3;2-6,8H,1H3. The van der Waals surface area contributed by atoms with Crippen LogP contribution >= 0.6 is 0 Å². The van der Waals surface area contributed by atoms with Gasteiger partial charge in [-0.05, 0) is 46.8 Å². The first-order chi connectivity index (χ1) is 10.2. The van der Waals surface area contributed by atoms with Crippen LogP contribution in [0.2, 0.25) is 0 Å². The first-order valence-electron chi connectivity index (χ1n) is 7.53. The van der Waals surface area contributed by atoms with E-state index in [1.165, 1.54) is 0 Å². The molecule has 0 unspecified atom stereocenters. The number of carbonyl (C=O) groups excluding carboxylic acids is 1. The Balaban J connectivity index is 0.000000255. The molecule has 0 saturated carbocycles. The Morgan fingerprint density at radius 1 is 1.27 bits per heavy atom. The summed E-state index contributed by atoms with van der Waals surface area (Å²) < 4.78 is 10.7. The Bertz CT molecular complexity index is 467. The lowest BCUT2D eigenvalue weighted by molar-refractivity contribution is -0.0590. The molecular weight excluding hydrogens is 280 g/mol. The third-order valence-corrected chi connectivity index (χ3v) is 3.10. The normalized spacial score (nSPS) is 16.5. The first kappa shape index (κ1) is 18.3. The average Bonchev–Trinajstić information content (AvgIpc) is 2.78. The van der Waals surface area contributed by atoms with Crippen molar-refractivity contribution in [3.8, 4) is 0 Å². The van der Waals surface area contributed by atoms with Crippen molar-refractivity contribution in [2.75, 3.05) is 25.5 Å². The fourth-order valence-electron chi connectivity index (χ4n) is 1.97. The summed E-state index contributed by atoms with van der Waals surface area (Å²) >= 11 is 0. The summed E-state index contributed by atoms with van der Waals surface area (Å²) in [5, 5.41) is 3.03. The van der Waals surface area contributed by atoms with Crippen molar-refractivity contribution in [3.05, 3.63) is 30.3 Å². The maximum absolute atomic E-state index is 11.7. The molecule has 0 spiro atoms. The Morgan fingerprint density at radius 2 is 1.86 bits per heavy atom. The molecule has 1 saturated heterocycles. The van der Waals surface area contributed by atoms with Crippen LogP contribution in [0.1, 0.15) is 34.6 Å². The molecule has 5 heteroatoms. The van der Waals surface area contributed by atoms with Gasteiger partial charge in [0.15, 0.2) is 0 Å². The summed E-state index contributed by atoms with van der Waals surface area (Å²) in [5.74, 6) is 0. The van der Waals surface area contributed by atoms with Crippen molar-refractivity contribution >= 4 is 11.8 Å². The second kappa shape index (κ2) is 7.49. The van der Waals surface area contributed by atoms with Crippen molar-refractivity contribution in [3.63, 3.8) is 0 Å². The third kappa shape index (κ3) is 5.93. The monoisotopic (exact) mass is 308 g/mol. The molecule has 1 N–H and O–H groups in total. The van der Waals surface area contributed by atoms with Gasteiger partial charge in [-0.25, -0.2) is 4.79 Å². The Morgan fingerprint density at radius 3 is 2.23 bits per heavy atom. The number of hydrogen-bond donors (Lipinski definition) is 1.